The zero-order chi connectivity index (χ0) is 13.2. The average molecular weight is 259 g/mol. The maximum Gasteiger partial charge on any atom is 0.389 e. The van der Waals surface area contributed by atoms with Crippen LogP contribution in [0.2, 0.25) is 0 Å². The van der Waals surface area contributed by atoms with Crippen LogP contribution < -0.4 is 10.5 Å². The molecule has 100 valence electrons. The van der Waals surface area contributed by atoms with Gasteiger partial charge in [0.25, 0.3) is 0 Å². The highest BCUT2D eigenvalue weighted by molar-refractivity contribution is 5.30. The molecule has 0 amide bonds. The number of ether oxygens (including phenoxy) is 1. The summed E-state index contributed by atoms with van der Waals surface area (Å²) >= 11 is 0. The van der Waals surface area contributed by atoms with Crippen LogP contribution in [-0.4, -0.2) is 12.3 Å². The molecular formula is C13H16F3NO. The summed E-state index contributed by atoms with van der Waals surface area (Å²) < 4.78 is 41.9. The first-order valence-corrected chi connectivity index (χ1v) is 6.03. The Labute approximate surface area is 104 Å². The second kappa shape index (κ2) is 5.18. The lowest BCUT2D eigenvalue weighted by atomic mass is 10.0. The number of hydrogen-bond donors (Lipinski definition) is 1. The molecular weight excluding hydrogens is 243 g/mol. The summed E-state index contributed by atoms with van der Waals surface area (Å²) in [6.45, 7) is 0. The van der Waals surface area contributed by atoms with E-state index in [0.29, 0.717) is 11.3 Å². The quantitative estimate of drug-likeness (QED) is 0.877. The molecule has 1 atom stereocenters. The molecule has 5 heteroatoms. The Balaban J connectivity index is 1.93. The molecule has 2 rings (SSSR count). The lowest BCUT2D eigenvalue weighted by Gasteiger charge is -2.14. The van der Waals surface area contributed by atoms with E-state index in [-0.39, 0.29) is 12.5 Å². The monoisotopic (exact) mass is 259 g/mol. The van der Waals surface area contributed by atoms with Crippen molar-refractivity contribution < 1.29 is 17.9 Å². The molecule has 0 radical (unpaired) electrons. The number of halogens is 3. The first-order valence-electron chi connectivity index (χ1n) is 6.03. The van der Waals surface area contributed by atoms with Crippen molar-refractivity contribution in [1.29, 1.82) is 0 Å². The molecule has 1 unspecified atom stereocenters. The minimum atomic E-state index is -4.15. The predicted octanol–water partition coefficient (Wildman–Crippen LogP) is 3.57. The molecule has 0 saturated heterocycles. The fraction of sp³-hybridized carbons (Fsp3) is 0.538. The van der Waals surface area contributed by atoms with E-state index in [4.69, 9.17) is 10.5 Å². The average Bonchev–Trinajstić information content (AvgIpc) is 3.09. The fourth-order valence-electron chi connectivity index (χ4n) is 1.68. The molecule has 0 aliphatic heterocycles. The van der Waals surface area contributed by atoms with Crippen LogP contribution in [0.15, 0.2) is 24.3 Å². The summed E-state index contributed by atoms with van der Waals surface area (Å²) in [7, 11) is 0. The molecule has 1 fully saturated rings. The summed E-state index contributed by atoms with van der Waals surface area (Å²) in [5, 5.41) is 0. The third-order valence-electron chi connectivity index (χ3n) is 2.85. The Morgan fingerprint density at radius 3 is 2.67 bits per heavy atom. The topological polar surface area (TPSA) is 35.2 Å². The minimum absolute atomic E-state index is 0.101. The molecule has 1 saturated carbocycles. The van der Waals surface area contributed by atoms with Gasteiger partial charge in [0.15, 0.2) is 0 Å². The highest BCUT2D eigenvalue weighted by atomic mass is 19.4. The van der Waals surface area contributed by atoms with Crippen molar-refractivity contribution in [2.45, 2.75) is 44.0 Å². The first kappa shape index (κ1) is 13.2. The molecule has 1 aromatic rings. The second-order valence-corrected chi connectivity index (χ2v) is 4.65. The van der Waals surface area contributed by atoms with E-state index in [1.165, 1.54) is 0 Å². The first-order chi connectivity index (χ1) is 8.44. The van der Waals surface area contributed by atoms with Crippen molar-refractivity contribution in [1.82, 2.24) is 0 Å². The van der Waals surface area contributed by atoms with Gasteiger partial charge in [-0.3, -0.25) is 0 Å². The lowest BCUT2D eigenvalue weighted by Crippen LogP contribution is -2.15. The summed E-state index contributed by atoms with van der Waals surface area (Å²) in [5.74, 6) is 0.692. The van der Waals surface area contributed by atoms with E-state index < -0.39 is 18.6 Å². The zero-order valence-corrected chi connectivity index (χ0v) is 9.91. The Kier molecular flexibility index (Phi) is 3.80. The number of rotatable bonds is 5. The Morgan fingerprint density at radius 2 is 2.06 bits per heavy atom. The Hall–Kier alpha value is -1.23. The molecule has 1 aliphatic rings. The number of alkyl halides is 3. The molecule has 0 aromatic heterocycles. The van der Waals surface area contributed by atoms with Crippen LogP contribution in [0.25, 0.3) is 0 Å². The van der Waals surface area contributed by atoms with Crippen LogP contribution in [0.3, 0.4) is 0 Å². The van der Waals surface area contributed by atoms with Gasteiger partial charge in [0.1, 0.15) is 5.75 Å². The summed E-state index contributed by atoms with van der Waals surface area (Å²) in [5.41, 5.74) is 6.45. The molecule has 2 N–H and O–H groups in total. The third kappa shape index (κ3) is 4.22. The minimum Gasteiger partial charge on any atom is -0.490 e. The van der Waals surface area contributed by atoms with E-state index in [2.05, 4.69) is 0 Å². The largest absolute Gasteiger partial charge is 0.490 e. The van der Waals surface area contributed by atoms with E-state index in [1.54, 1.807) is 24.3 Å². The van der Waals surface area contributed by atoms with Gasteiger partial charge in [-0.1, -0.05) is 12.1 Å². The number of hydrogen-bond acceptors (Lipinski definition) is 2. The van der Waals surface area contributed by atoms with Gasteiger partial charge in [-0.15, -0.1) is 0 Å². The third-order valence-corrected chi connectivity index (χ3v) is 2.85. The predicted molar refractivity (Wildman–Crippen MR) is 62.3 cm³/mol. The highest BCUT2D eigenvalue weighted by Crippen LogP contribution is 2.30. The highest BCUT2D eigenvalue weighted by Gasteiger charge is 2.28. The molecule has 1 aromatic carbocycles. The molecule has 18 heavy (non-hydrogen) atoms. The van der Waals surface area contributed by atoms with E-state index in [0.717, 1.165) is 12.8 Å². The normalized spacial score (nSPS) is 17.6. The Bertz CT molecular complexity index is 401. The zero-order valence-electron chi connectivity index (χ0n) is 9.91. The summed E-state index contributed by atoms with van der Waals surface area (Å²) in [4.78, 5) is 0. The fourth-order valence-corrected chi connectivity index (χ4v) is 1.68. The van der Waals surface area contributed by atoms with E-state index in [1.807, 2.05) is 0 Å². The van der Waals surface area contributed by atoms with Gasteiger partial charge < -0.3 is 10.5 Å². The van der Waals surface area contributed by atoms with Gasteiger partial charge in [0.2, 0.25) is 0 Å². The summed E-state index contributed by atoms with van der Waals surface area (Å²) in [6.07, 6.45) is -2.75. The molecule has 2 nitrogen and oxygen atoms in total. The molecule has 1 aliphatic carbocycles. The van der Waals surface area contributed by atoms with Crippen molar-refractivity contribution >= 4 is 0 Å². The molecule has 0 heterocycles. The molecule has 0 bridgehead atoms. The Morgan fingerprint density at radius 1 is 1.33 bits per heavy atom. The van der Waals surface area contributed by atoms with Crippen LogP contribution in [0.1, 0.15) is 37.3 Å². The number of benzene rings is 1. The van der Waals surface area contributed by atoms with Crippen molar-refractivity contribution in [2.24, 2.45) is 5.73 Å². The van der Waals surface area contributed by atoms with Crippen molar-refractivity contribution in [3.05, 3.63) is 29.8 Å². The van der Waals surface area contributed by atoms with Gasteiger partial charge >= 0.3 is 6.18 Å². The van der Waals surface area contributed by atoms with Crippen LogP contribution in [0, 0.1) is 0 Å². The van der Waals surface area contributed by atoms with Gasteiger partial charge in [-0.25, -0.2) is 0 Å². The van der Waals surface area contributed by atoms with Gasteiger partial charge in [-0.2, -0.15) is 13.2 Å². The van der Waals surface area contributed by atoms with Crippen molar-refractivity contribution in [2.75, 3.05) is 0 Å². The van der Waals surface area contributed by atoms with Crippen LogP contribution in [-0.2, 0) is 0 Å². The molecule has 0 spiro atoms. The lowest BCUT2D eigenvalue weighted by molar-refractivity contribution is -0.136. The standard InChI is InChI=1S/C13H16F3NO/c14-13(15,16)7-6-12(17)9-2-1-3-11(8-9)18-10-4-5-10/h1-3,8,10,12H,4-7,17H2. The van der Waals surface area contributed by atoms with Gasteiger partial charge in [0, 0.05) is 12.5 Å². The maximum absolute atomic E-state index is 12.1. The smallest absolute Gasteiger partial charge is 0.389 e. The van der Waals surface area contributed by atoms with Gasteiger partial charge in [-0.05, 0) is 37.0 Å². The van der Waals surface area contributed by atoms with Crippen LogP contribution >= 0.6 is 0 Å². The SMILES string of the molecule is NC(CCC(F)(F)F)c1cccc(OC2CC2)c1. The maximum atomic E-state index is 12.1. The number of nitrogens with two attached hydrogens (primary N) is 1. The van der Waals surface area contributed by atoms with Crippen molar-refractivity contribution in [3.63, 3.8) is 0 Å². The van der Waals surface area contributed by atoms with E-state index in [9.17, 15) is 13.2 Å². The summed E-state index contributed by atoms with van der Waals surface area (Å²) in [6, 6.07) is 6.44. The van der Waals surface area contributed by atoms with E-state index >= 15 is 0 Å². The van der Waals surface area contributed by atoms with Gasteiger partial charge in [0.05, 0.1) is 6.10 Å². The van der Waals surface area contributed by atoms with Crippen LogP contribution in [0.5, 0.6) is 5.75 Å². The second-order valence-electron chi connectivity index (χ2n) is 4.65. The van der Waals surface area contributed by atoms with Crippen LogP contribution in [0.4, 0.5) is 13.2 Å². The van der Waals surface area contributed by atoms with Crippen molar-refractivity contribution in [3.8, 4) is 5.75 Å².